The average molecular weight is 230 g/mol. The Labute approximate surface area is 94.7 Å². The predicted octanol–water partition coefficient (Wildman–Crippen LogP) is 2.35. The zero-order chi connectivity index (χ0) is 9.80. The van der Waals surface area contributed by atoms with E-state index in [1.54, 1.807) is 0 Å². The van der Waals surface area contributed by atoms with Gasteiger partial charge in [-0.3, -0.25) is 4.99 Å². The average Bonchev–Trinajstić information content (AvgIpc) is 2.63. The van der Waals surface area contributed by atoms with Gasteiger partial charge in [0.2, 0.25) is 0 Å². The molecule has 2 aliphatic heterocycles. The van der Waals surface area contributed by atoms with Crippen LogP contribution < -0.4 is 5.32 Å². The Hall–Kier alpha value is 0.170. The fourth-order valence-corrected chi connectivity index (χ4v) is 3.83. The van der Waals surface area contributed by atoms with Crippen LogP contribution in [0.25, 0.3) is 0 Å². The fourth-order valence-electron chi connectivity index (χ4n) is 1.74. The molecule has 0 saturated carbocycles. The molecule has 0 aromatic carbocycles. The molecule has 0 aliphatic carbocycles. The van der Waals surface area contributed by atoms with Crippen LogP contribution in [0, 0.1) is 0 Å². The third-order valence-electron chi connectivity index (χ3n) is 2.56. The van der Waals surface area contributed by atoms with Crippen LogP contribution in [0.15, 0.2) is 4.99 Å². The number of amidine groups is 1. The number of aliphatic imine (C=N–C) groups is 1. The van der Waals surface area contributed by atoms with Crippen molar-refractivity contribution in [2.24, 2.45) is 4.99 Å². The zero-order valence-corrected chi connectivity index (χ0v) is 10.3. The van der Waals surface area contributed by atoms with Gasteiger partial charge in [0.15, 0.2) is 5.17 Å². The molecule has 0 amide bonds. The summed E-state index contributed by atoms with van der Waals surface area (Å²) in [5.74, 6) is 1.35. The normalized spacial score (nSPS) is 32.8. The first kappa shape index (κ1) is 10.7. The van der Waals surface area contributed by atoms with Crippen molar-refractivity contribution >= 4 is 28.7 Å². The van der Waals surface area contributed by atoms with Gasteiger partial charge in [-0.05, 0) is 18.6 Å². The molecule has 0 radical (unpaired) electrons. The van der Waals surface area contributed by atoms with Crippen LogP contribution in [0.4, 0.5) is 0 Å². The lowest BCUT2D eigenvalue weighted by Gasteiger charge is -2.21. The molecule has 1 N–H and O–H groups in total. The monoisotopic (exact) mass is 230 g/mol. The molecule has 14 heavy (non-hydrogen) atoms. The molecule has 1 fully saturated rings. The van der Waals surface area contributed by atoms with Crippen LogP contribution in [0.3, 0.4) is 0 Å². The maximum atomic E-state index is 4.46. The maximum Gasteiger partial charge on any atom is 0.156 e. The second-order valence-corrected chi connectivity index (χ2v) is 6.78. The van der Waals surface area contributed by atoms with Crippen LogP contribution >= 0.6 is 23.5 Å². The SMILES string of the molecule is CC1CN=C(NCC2CCCCS2)S1. The van der Waals surface area contributed by atoms with Gasteiger partial charge in [0.05, 0.1) is 6.54 Å². The van der Waals surface area contributed by atoms with E-state index in [0.29, 0.717) is 5.25 Å². The number of hydrogen-bond donors (Lipinski definition) is 1. The zero-order valence-electron chi connectivity index (χ0n) is 8.66. The van der Waals surface area contributed by atoms with Gasteiger partial charge in [0.1, 0.15) is 0 Å². The van der Waals surface area contributed by atoms with Crippen molar-refractivity contribution in [3.05, 3.63) is 0 Å². The van der Waals surface area contributed by atoms with Gasteiger partial charge in [0, 0.05) is 17.0 Å². The smallest absolute Gasteiger partial charge is 0.156 e. The number of nitrogens with one attached hydrogen (secondary N) is 1. The molecule has 4 heteroatoms. The third-order valence-corrected chi connectivity index (χ3v) is 5.01. The van der Waals surface area contributed by atoms with E-state index in [2.05, 4.69) is 29.0 Å². The summed E-state index contributed by atoms with van der Waals surface area (Å²) < 4.78 is 0. The molecular formula is C10H18N2S2. The summed E-state index contributed by atoms with van der Waals surface area (Å²) in [4.78, 5) is 4.46. The minimum atomic E-state index is 0.677. The summed E-state index contributed by atoms with van der Waals surface area (Å²) >= 11 is 4.00. The molecule has 2 nitrogen and oxygen atoms in total. The number of thioether (sulfide) groups is 2. The second kappa shape index (κ2) is 5.31. The number of rotatable bonds is 2. The first-order valence-corrected chi connectivity index (χ1v) is 7.34. The summed E-state index contributed by atoms with van der Waals surface area (Å²) in [6, 6.07) is 0. The van der Waals surface area contributed by atoms with E-state index >= 15 is 0 Å². The summed E-state index contributed by atoms with van der Waals surface area (Å²) in [6.45, 7) is 4.34. The highest BCUT2D eigenvalue weighted by atomic mass is 32.2. The molecule has 0 aromatic rings. The summed E-state index contributed by atoms with van der Waals surface area (Å²) in [7, 11) is 0. The van der Waals surface area contributed by atoms with Gasteiger partial charge in [0.25, 0.3) is 0 Å². The van der Waals surface area contributed by atoms with Crippen molar-refractivity contribution in [3.63, 3.8) is 0 Å². The van der Waals surface area contributed by atoms with Crippen molar-refractivity contribution in [2.45, 2.75) is 36.7 Å². The molecule has 2 unspecified atom stereocenters. The molecule has 0 aromatic heterocycles. The molecular weight excluding hydrogens is 212 g/mol. The number of nitrogens with zero attached hydrogens (tertiary/aromatic N) is 1. The van der Waals surface area contributed by atoms with Crippen molar-refractivity contribution in [1.82, 2.24) is 5.32 Å². The van der Waals surface area contributed by atoms with Crippen molar-refractivity contribution in [3.8, 4) is 0 Å². The Balaban J connectivity index is 1.66. The van der Waals surface area contributed by atoms with Gasteiger partial charge in [-0.2, -0.15) is 11.8 Å². The Morgan fingerprint density at radius 1 is 1.50 bits per heavy atom. The van der Waals surface area contributed by atoms with Crippen molar-refractivity contribution < 1.29 is 0 Å². The molecule has 2 aliphatic rings. The Bertz CT molecular complexity index is 212. The predicted molar refractivity (Wildman–Crippen MR) is 67.5 cm³/mol. The third kappa shape index (κ3) is 3.09. The molecule has 2 rings (SSSR count). The van der Waals surface area contributed by atoms with Crippen LogP contribution in [0.2, 0.25) is 0 Å². The van der Waals surface area contributed by atoms with Crippen molar-refractivity contribution in [2.75, 3.05) is 18.8 Å². The summed E-state index contributed by atoms with van der Waals surface area (Å²) in [6.07, 6.45) is 4.20. The van der Waals surface area contributed by atoms with Gasteiger partial charge >= 0.3 is 0 Å². The molecule has 0 bridgehead atoms. The van der Waals surface area contributed by atoms with E-state index in [1.165, 1.54) is 30.2 Å². The fraction of sp³-hybridized carbons (Fsp3) is 0.900. The van der Waals surface area contributed by atoms with Gasteiger partial charge < -0.3 is 5.32 Å². The maximum absolute atomic E-state index is 4.46. The van der Waals surface area contributed by atoms with Crippen LogP contribution in [0.5, 0.6) is 0 Å². The minimum Gasteiger partial charge on any atom is -0.364 e. The summed E-state index contributed by atoms with van der Waals surface area (Å²) in [5, 5.41) is 6.14. The number of hydrogen-bond acceptors (Lipinski definition) is 4. The Kier molecular flexibility index (Phi) is 4.05. The standard InChI is InChI=1S/C10H18N2S2/c1-8-6-11-10(14-8)12-7-9-4-2-3-5-13-9/h8-9H,2-7H2,1H3,(H,11,12). The van der Waals surface area contributed by atoms with Crippen LogP contribution in [-0.4, -0.2) is 34.5 Å². The van der Waals surface area contributed by atoms with Gasteiger partial charge in [-0.1, -0.05) is 25.1 Å². The molecule has 2 atom stereocenters. The van der Waals surface area contributed by atoms with Gasteiger partial charge in [-0.15, -0.1) is 0 Å². The highest BCUT2D eigenvalue weighted by Gasteiger charge is 2.17. The van der Waals surface area contributed by atoms with Crippen LogP contribution in [-0.2, 0) is 0 Å². The lowest BCUT2D eigenvalue weighted by molar-refractivity contribution is 0.651. The first-order chi connectivity index (χ1) is 6.84. The lowest BCUT2D eigenvalue weighted by Crippen LogP contribution is -2.29. The van der Waals surface area contributed by atoms with E-state index in [1.807, 2.05) is 11.8 Å². The topological polar surface area (TPSA) is 24.4 Å². The molecule has 2 heterocycles. The highest BCUT2D eigenvalue weighted by molar-refractivity contribution is 8.14. The lowest BCUT2D eigenvalue weighted by atomic mass is 10.2. The van der Waals surface area contributed by atoms with E-state index in [9.17, 15) is 0 Å². The van der Waals surface area contributed by atoms with Crippen LogP contribution in [0.1, 0.15) is 26.2 Å². The van der Waals surface area contributed by atoms with Crippen molar-refractivity contribution in [1.29, 1.82) is 0 Å². The van der Waals surface area contributed by atoms with E-state index in [4.69, 9.17) is 0 Å². The summed E-state index contributed by atoms with van der Waals surface area (Å²) in [5.41, 5.74) is 0. The van der Waals surface area contributed by atoms with E-state index < -0.39 is 0 Å². The largest absolute Gasteiger partial charge is 0.364 e. The quantitative estimate of drug-likeness (QED) is 0.788. The molecule has 80 valence electrons. The molecule has 1 saturated heterocycles. The second-order valence-electron chi connectivity index (χ2n) is 3.94. The molecule has 0 spiro atoms. The van der Waals surface area contributed by atoms with E-state index in [-0.39, 0.29) is 0 Å². The van der Waals surface area contributed by atoms with Gasteiger partial charge in [-0.25, -0.2) is 0 Å². The van der Waals surface area contributed by atoms with E-state index in [0.717, 1.165) is 18.3 Å². The highest BCUT2D eigenvalue weighted by Crippen LogP contribution is 2.25. The first-order valence-electron chi connectivity index (χ1n) is 5.41. The minimum absolute atomic E-state index is 0.677. The Morgan fingerprint density at radius 2 is 2.43 bits per heavy atom. The Morgan fingerprint density at radius 3 is 3.07 bits per heavy atom.